The van der Waals surface area contributed by atoms with Crippen molar-refractivity contribution in [2.45, 2.75) is 42.2 Å². The van der Waals surface area contributed by atoms with Crippen LogP contribution in [0.3, 0.4) is 0 Å². The standard InChI is InChI=1S/C14H16BrNO2S/c15-12-6-8-13(9-7-12)19(17,18)14-5-3-1-2-4-11(14)10-16/h6-9,11,14H,1-5H2. The van der Waals surface area contributed by atoms with Crippen LogP contribution in [-0.2, 0) is 9.84 Å². The molecule has 0 radical (unpaired) electrons. The van der Waals surface area contributed by atoms with Crippen molar-refractivity contribution in [1.29, 1.82) is 5.26 Å². The van der Waals surface area contributed by atoms with Gasteiger partial charge in [-0.15, -0.1) is 0 Å². The molecule has 1 aliphatic rings. The normalized spacial score (nSPS) is 24.4. The Morgan fingerprint density at radius 3 is 2.37 bits per heavy atom. The van der Waals surface area contributed by atoms with E-state index in [1.807, 2.05) is 0 Å². The van der Waals surface area contributed by atoms with Gasteiger partial charge in [0.15, 0.2) is 9.84 Å². The van der Waals surface area contributed by atoms with Crippen LogP contribution in [0.15, 0.2) is 33.6 Å². The molecule has 2 unspecified atom stereocenters. The van der Waals surface area contributed by atoms with Crippen LogP contribution in [0.1, 0.15) is 32.1 Å². The first kappa shape index (κ1) is 14.5. The van der Waals surface area contributed by atoms with Crippen LogP contribution in [0.25, 0.3) is 0 Å². The number of sulfone groups is 1. The molecule has 0 bridgehead atoms. The van der Waals surface area contributed by atoms with E-state index in [1.54, 1.807) is 24.3 Å². The Labute approximate surface area is 122 Å². The number of rotatable bonds is 2. The largest absolute Gasteiger partial charge is 0.223 e. The summed E-state index contributed by atoms with van der Waals surface area (Å²) in [6.07, 6.45) is 4.14. The van der Waals surface area contributed by atoms with Crippen LogP contribution < -0.4 is 0 Å². The number of hydrogen-bond donors (Lipinski definition) is 0. The Morgan fingerprint density at radius 2 is 1.74 bits per heavy atom. The zero-order valence-corrected chi connectivity index (χ0v) is 13.0. The van der Waals surface area contributed by atoms with Crippen molar-refractivity contribution in [3.63, 3.8) is 0 Å². The fraction of sp³-hybridized carbons (Fsp3) is 0.500. The first-order valence-electron chi connectivity index (χ1n) is 6.45. The summed E-state index contributed by atoms with van der Waals surface area (Å²) < 4.78 is 26.2. The molecule has 2 atom stereocenters. The van der Waals surface area contributed by atoms with E-state index >= 15 is 0 Å². The summed E-state index contributed by atoms with van der Waals surface area (Å²) in [4.78, 5) is 0.322. The molecule has 0 heterocycles. The molecule has 0 spiro atoms. The van der Waals surface area contributed by atoms with Gasteiger partial charge in [0.05, 0.1) is 22.1 Å². The van der Waals surface area contributed by atoms with E-state index in [4.69, 9.17) is 0 Å². The molecular weight excluding hydrogens is 326 g/mol. The lowest BCUT2D eigenvalue weighted by Crippen LogP contribution is -2.28. The summed E-state index contributed by atoms with van der Waals surface area (Å²) in [6, 6.07) is 8.87. The van der Waals surface area contributed by atoms with Gasteiger partial charge in [0.1, 0.15) is 0 Å². The van der Waals surface area contributed by atoms with E-state index in [0.717, 1.165) is 23.7 Å². The van der Waals surface area contributed by atoms with E-state index in [2.05, 4.69) is 22.0 Å². The minimum Gasteiger partial charge on any atom is -0.223 e. The summed E-state index contributed by atoms with van der Waals surface area (Å²) in [7, 11) is -3.41. The summed E-state index contributed by atoms with van der Waals surface area (Å²) >= 11 is 3.30. The smallest absolute Gasteiger partial charge is 0.182 e. The highest BCUT2D eigenvalue weighted by Crippen LogP contribution is 2.32. The van der Waals surface area contributed by atoms with Crippen molar-refractivity contribution in [3.05, 3.63) is 28.7 Å². The highest BCUT2D eigenvalue weighted by atomic mass is 79.9. The van der Waals surface area contributed by atoms with E-state index < -0.39 is 15.1 Å². The summed E-state index contributed by atoms with van der Waals surface area (Å²) in [5, 5.41) is 8.66. The van der Waals surface area contributed by atoms with Gasteiger partial charge in [-0.05, 0) is 37.1 Å². The molecule has 1 aromatic rings. The van der Waals surface area contributed by atoms with Gasteiger partial charge >= 0.3 is 0 Å². The number of nitrogens with zero attached hydrogens (tertiary/aromatic N) is 1. The zero-order valence-electron chi connectivity index (χ0n) is 10.5. The fourth-order valence-corrected chi connectivity index (χ4v) is 4.83. The van der Waals surface area contributed by atoms with Crippen LogP contribution in [0.4, 0.5) is 0 Å². The summed E-state index contributed by atoms with van der Waals surface area (Å²) in [5.41, 5.74) is 0. The third-order valence-corrected chi connectivity index (χ3v) is 6.48. The van der Waals surface area contributed by atoms with E-state index in [-0.39, 0.29) is 5.92 Å². The van der Waals surface area contributed by atoms with Gasteiger partial charge in [-0.3, -0.25) is 0 Å². The first-order valence-corrected chi connectivity index (χ1v) is 8.78. The molecule has 1 fully saturated rings. The van der Waals surface area contributed by atoms with Crippen molar-refractivity contribution in [2.75, 3.05) is 0 Å². The van der Waals surface area contributed by atoms with Gasteiger partial charge in [-0.1, -0.05) is 35.2 Å². The maximum absolute atomic E-state index is 12.7. The van der Waals surface area contributed by atoms with E-state index in [1.165, 1.54) is 0 Å². The lowest BCUT2D eigenvalue weighted by molar-refractivity contribution is 0.523. The number of halogens is 1. The lowest BCUT2D eigenvalue weighted by atomic mass is 10.0. The Hall–Kier alpha value is -0.860. The van der Waals surface area contributed by atoms with Crippen molar-refractivity contribution < 1.29 is 8.42 Å². The molecule has 1 aliphatic carbocycles. The van der Waals surface area contributed by atoms with Crippen molar-refractivity contribution in [2.24, 2.45) is 5.92 Å². The minimum atomic E-state index is -3.41. The number of benzene rings is 1. The second kappa shape index (κ2) is 6.06. The molecule has 3 nitrogen and oxygen atoms in total. The average Bonchev–Trinajstić information content (AvgIpc) is 2.64. The maximum atomic E-state index is 12.7. The third kappa shape index (κ3) is 3.18. The Balaban J connectivity index is 2.36. The zero-order chi connectivity index (χ0) is 13.9. The second-order valence-electron chi connectivity index (χ2n) is 4.91. The summed E-state index contributed by atoms with van der Waals surface area (Å²) in [5.74, 6) is -0.379. The molecule has 19 heavy (non-hydrogen) atoms. The first-order chi connectivity index (χ1) is 9.05. The second-order valence-corrected chi connectivity index (χ2v) is 7.99. The molecule has 0 amide bonds. The Bertz CT molecular complexity index is 574. The van der Waals surface area contributed by atoms with E-state index in [0.29, 0.717) is 17.7 Å². The van der Waals surface area contributed by atoms with Gasteiger partial charge < -0.3 is 0 Å². The van der Waals surface area contributed by atoms with Crippen LogP contribution in [0, 0.1) is 17.2 Å². The Morgan fingerprint density at radius 1 is 1.11 bits per heavy atom. The average molecular weight is 342 g/mol. The van der Waals surface area contributed by atoms with Crippen molar-refractivity contribution in [3.8, 4) is 6.07 Å². The lowest BCUT2D eigenvalue weighted by Gasteiger charge is -2.19. The monoisotopic (exact) mass is 341 g/mol. The highest BCUT2D eigenvalue weighted by molar-refractivity contribution is 9.10. The summed E-state index contributed by atoms with van der Waals surface area (Å²) in [6.45, 7) is 0. The van der Waals surface area contributed by atoms with Gasteiger partial charge in [-0.25, -0.2) is 8.42 Å². The van der Waals surface area contributed by atoms with Crippen molar-refractivity contribution >= 4 is 25.8 Å². The van der Waals surface area contributed by atoms with Crippen LogP contribution in [-0.4, -0.2) is 13.7 Å². The number of hydrogen-bond acceptors (Lipinski definition) is 3. The van der Waals surface area contributed by atoms with Crippen LogP contribution >= 0.6 is 15.9 Å². The van der Waals surface area contributed by atoms with Crippen molar-refractivity contribution in [1.82, 2.24) is 0 Å². The number of nitriles is 1. The molecule has 102 valence electrons. The van der Waals surface area contributed by atoms with Crippen LogP contribution in [0.5, 0.6) is 0 Å². The molecule has 1 saturated carbocycles. The SMILES string of the molecule is N#CC1CCCCCC1S(=O)(=O)c1ccc(Br)cc1. The molecule has 0 saturated heterocycles. The molecule has 1 aromatic carbocycles. The highest BCUT2D eigenvalue weighted by Gasteiger charge is 2.35. The topological polar surface area (TPSA) is 57.9 Å². The van der Waals surface area contributed by atoms with Gasteiger partial charge in [0, 0.05) is 4.47 Å². The molecule has 5 heteroatoms. The van der Waals surface area contributed by atoms with Gasteiger partial charge in [0.2, 0.25) is 0 Å². The molecule has 0 N–H and O–H groups in total. The Kier molecular flexibility index (Phi) is 4.64. The third-order valence-electron chi connectivity index (χ3n) is 3.66. The van der Waals surface area contributed by atoms with Gasteiger partial charge in [-0.2, -0.15) is 5.26 Å². The minimum absolute atomic E-state index is 0.322. The fourth-order valence-electron chi connectivity index (χ4n) is 2.59. The molecular formula is C14H16BrNO2S. The maximum Gasteiger partial charge on any atom is 0.182 e. The van der Waals surface area contributed by atoms with E-state index in [9.17, 15) is 13.7 Å². The van der Waals surface area contributed by atoms with Crippen LogP contribution in [0.2, 0.25) is 0 Å². The molecule has 2 rings (SSSR count). The molecule has 0 aromatic heterocycles. The predicted octanol–water partition coefficient (Wildman–Crippen LogP) is 3.70. The quantitative estimate of drug-likeness (QED) is 0.770. The van der Waals surface area contributed by atoms with Gasteiger partial charge in [0.25, 0.3) is 0 Å². The predicted molar refractivity (Wildman–Crippen MR) is 77.3 cm³/mol. The molecule has 0 aliphatic heterocycles.